The third-order valence-corrected chi connectivity index (χ3v) is 3.23. The van der Waals surface area contributed by atoms with Crippen LogP contribution in [-0.4, -0.2) is 19.6 Å². The molecule has 3 rings (SSSR count). The molecule has 0 saturated heterocycles. The first-order valence-corrected chi connectivity index (χ1v) is 6.67. The van der Waals surface area contributed by atoms with Gasteiger partial charge >= 0.3 is 0 Å². The lowest BCUT2D eigenvalue weighted by atomic mass is 10.3. The number of fused-ring (bicyclic) bond motifs is 1. The van der Waals surface area contributed by atoms with Crippen molar-refractivity contribution >= 4 is 22.9 Å². The SMILES string of the molecule is Cc1cc2ncc(CNc3ccc(Cl)nc3C)cn2n1. The molecule has 0 bridgehead atoms. The van der Waals surface area contributed by atoms with Crippen molar-refractivity contribution in [2.75, 3.05) is 5.32 Å². The summed E-state index contributed by atoms with van der Waals surface area (Å²) in [6.45, 7) is 4.54. The van der Waals surface area contributed by atoms with Crippen LogP contribution in [-0.2, 0) is 6.54 Å². The van der Waals surface area contributed by atoms with E-state index in [9.17, 15) is 0 Å². The molecule has 0 aliphatic heterocycles. The standard InChI is InChI=1S/C14H14ClN5/c1-9-5-14-17-7-11(8-20(14)19-9)6-16-12-3-4-13(15)18-10(12)2/h3-5,7-8,16H,6H2,1-2H3. The van der Waals surface area contributed by atoms with Crippen molar-refractivity contribution in [3.63, 3.8) is 0 Å². The number of nitrogens with one attached hydrogen (secondary N) is 1. The van der Waals surface area contributed by atoms with Crippen molar-refractivity contribution in [2.24, 2.45) is 0 Å². The molecule has 20 heavy (non-hydrogen) atoms. The molecule has 0 radical (unpaired) electrons. The molecule has 0 saturated carbocycles. The fourth-order valence-corrected chi connectivity index (χ4v) is 2.23. The molecule has 0 atom stereocenters. The maximum Gasteiger partial charge on any atom is 0.155 e. The number of aryl methyl sites for hydroxylation is 2. The molecule has 0 unspecified atom stereocenters. The molecule has 0 aromatic carbocycles. The zero-order chi connectivity index (χ0) is 14.1. The third kappa shape index (κ3) is 2.58. The number of hydrogen-bond acceptors (Lipinski definition) is 4. The number of anilines is 1. The molecular weight excluding hydrogens is 274 g/mol. The van der Waals surface area contributed by atoms with E-state index in [0.29, 0.717) is 11.7 Å². The van der Waals surface area contributed by atoms with E-state index < -0.39 is 0 Å². The minimum atomic E-state index is 0.503. The van der Waals surface area contributed by atoms with Gasteiger partial charge in [-0.2, -0.15) is 5.10 Å². The summed E-state index contributed by atoms with van der Waals surface area (Å²) in [4.78, 5) is 8.58. The van der Waals surface area contributed by atoms with Gasteiger partial charge in [0.05, 0.1) is 17.1 Å². The Morgan fingerprint density at radius 2 is 2.15 bits per heavy atom. The van der Waals surface area contributed by atoms with Gasteiger partial charge in [0.15, 0.2) is 5.65 Å². The van der Waals surface area contributed by atoms with Gasteiger partial charge in [-0.25, -0.2) is 14.5 Å². The van der Waals surface area contributed by atoms with Crippen molar-refractivity contribution in [3.8, 4) is 0 Å². The second-order valence-electron chi connectivity index (χ2n) is 4.67. The fourth-order valence-electron chi connectivity index (χ4n) is 2.04. The Morgan fingerprint density at radius 1 is 1.30 bits per heavy atom. The molecule has 102 valence electrons. The highest BCUT2D eigenvalue weighted by molar-refractivity contribution is 6.29. The van der Waals surface area contributed by atoms with Crippen molar-refractivity contribution in [3.05, 3.63) is 52.7 Å². The first-order chi connectivity index (χ1) is 9.61. The normalized spacial score (nSPS) is 10.9. The molecule has 6 heteroatoms. The molecule has 0 aliphatic carbocycles. The number of hydrogen-bond donors (Lipinski definition) is 1. The maximum atomic E-state index is 5.84. The topological polar surface area (TPSA) is 55.1 Å². The third-order valence-electron chi connectivity index (χ3n) is 3.02. The number of rotatable bonds is 3. The largest absolute Gasteiger partial charge is 0.379 e. The number of halogens is 1. The Labute approximate surface area is 121 Å². The molecule has 0 aliphatic rings. The maximum absolute atomic E-state index is 5.84. The second-order valence-corrected chi connectivity index (χ2v) is 5.06. The molecule has 0 spiro atoms. The van der Waals surface area contributed by atoms with Gasteiger partial charge < -0.3 is 5.32 Å². The summed E-state index contributed by atoms with van der Waals surface area (Å²) < 4.78 is 1.79. The van der Waals surface area contributed by atoms with Crippen LogP contribution >= 0.6 is 11.6 Å². The number of pyridine rings is 1. The summed E-state index contributed by atoms with van der Waals surface area (Å²) in [5.74, 6) is 0. The highest BCUT2D eigenvalue weighted by atomic mass is 35.5. The Hall–Kier alpha value is -2.14. The lowest BCUT2D eigenvalue weighted by Gasteiger charge is -2.09. The van der Waals surface area contributed by atoms with E-state index in [-0.39, 0.29) is 0 Å². The number of aromatic nitrogens is 4. The molecule has 0 fully saturated rings. The second kappa shape index (κ2) is 5.09. The first kappa shape index (κ1) is 12.9. The molecular formula is C14H14ClN5. The van der Waals surface area contributed by atoms with Crippen LogP contribution in [0.4, 0.5) is 5.69 Å². The summed E-state index contributed by atoms with van der Waals surface area (Å²) in [5, 5.41) is 8.18. The van der Waals surface area contributed by atoms with Gasteiger partial charge in [0, 0.05) is 30.6 Å². The summed E-state index contributed by atoms with van der Waals surface area (Å²) in [6, 6.07) is 5.65. The van der Waals surface area contributed by atoms with Crippen molar-refractivity contribution < 1.29 is 0 Å². The van der Waals surface area contributed by atoms with Crippen LogP contribution in [0.1, 0.15) is 17.0 Å². The zero-order valence-corrected chi connectivity index (χ0v) is 12.0. The Kier molecular flexibility index (Phi) is 3.28. The predicted octanol–water partition coefficient (Wildman–Crippen LogP) is 3.01. The Bertz CT molecular complexity index is 765. The van der Waals surface area contributed by atoms with Crippen LogP contribution in [0.5, 0.6) is 0 Å². The van der Waals surface area contributed by atoms with E-state index >= 15 is 0 Å². The average molecular weight is 288 g/mol. The van der Waals surface area contributed by atoms with Crippen LogP contribution in [0.25, 0.3) is 5.65 Å². The van der Waals surface area contributed by atoms with Crippen LogP contribution in [0, 0.1) is 13.8 Å². The lowest BCUT2D eigenvalue weighted by molar-refractivity contribution is 0.895. The minimum absolute atomic E-state index is 0.503. The molecule has 3 aromatic rings. The van der Waals surface area contributed by atoms with Gasteiger partial charge in [-0.3, -0.25) is 0 Å². The van der Waals surface area contributed by atoms with Gasteiger partial charge in [-0.05, 0) is 26.0 Å². The van der Waals surface area contributed by atoms with Crippen LogP contribution in [0.3, 0.4) is 0 Å². The van der Waals surface area contributed by atoms with Gasteiger partial charge in [0.2, 0.25) is 0 Å². The predicted molar refractivity (Wildman–Crippen MR) is 79.0 cm³/mol. The molecule has 5 nitrogen and oxygen atoms in total. The van der Waals surface area contributed by atoms with Gasteiger partial charge in [-0.15, -0.1) is 0 Å². The molecule has 0 amide bonds. The van der Waals surface area contributed by atoms with E-state index in [0.717, 1.165) is 28.3 Å². The summed E-state index contributed by atoms with van der Waals surface area (Å²) in [5.41, 5.74) is 4.71. The zero-order valence-electron chi connectivity index (χ0n) is 11.3. The highest BCUT2D eigenvalue weighted by Gasteiger charge is 2.03. The molecule has 3 aromatic heterocycles. The van der Waals surface area contributed by atoms with E-state index in [1.165, 1.54) is 0 Å². The van der Waals surface area contributed by atoms with E-state index in [4.69, 9.17) is 11.6 Å². The Morgan fingerprint density at radius 3 is 2.95 bits per heavy atom. The highest BCUT2D eigenvalue weighted by Crippen LogP contribution is 2.16. The molecule has 3 heterocycles. The van der Waals surface area contributed by atoms with Crippen molar-refractivity contribution in [2.45, 2.75) is 20.4 Å². The summed E-state index contributed by atoms with van der Waals surface area (Å²) >= 11 is 5.84. The number of nitrogens with zero attached hydrogens (tertiary/aromatic N) is 4. The Balaban J connectivity index is 1.79. The average Bonchev–Trinajstić information content (AvgIpc) is 2.77. The smallest absolute Gasteiger partial charge is 0.155 e. The quantitative estimate of drug-likeness (QED) is 0.753. The van der Waals surface area contributed by atoms with Gasteiger partial charge in [0.1, 0.15) is 5.15 Å². The van der Waals surface area contributed by atoms with Crippen LogP contribution < -0.4 is 5.32 Å². The minimum Gasteiger partial charge on any atom is -0.379 e. The van der Waals surface area contributed by atoms with E-state index in [1.807, 2.05) is 38.4 Å². The van der Waals surface area contributed by atoms with Crippen LogP contribution in [0.2, 0.25) is 5.15 Å². The monoisotopic (exact) mass is 287 g/mol. The van der Waals surface area contributed by atoms with Crippen LogP contribution in [0.15, 0.2) is 30.6 Å². The van der Waals surface area contributed by atoms with E-state index in [1.54, 1.807) is 10.6 Å². The first-order valence-electron chi connectivity index (χ1n) is 6.30. The fraction of sp³-hybridized carbons (Fsp3) is 0.214. The molecule has 1 N–H and O–H groups in total. The summed E-state index contributed by atoms with van der Waals surface area (Å²) in [7, 11) is 0. The van der Waals surface area contributed by atoms with Gasteiger partial charge in [0.25, 0.3) is 0 Å². The van der Waals surface area contributed by atoms with E-state index in [2.05, 4.69) is 20.4 Å². The summed E-state index contributed by atoms with van der Waals surface area (Å²) in [6.07, 6.45) is 3.82. The van der Waals surface area contributed by atoms with Gasteiger partial charge in [-0.1, -0.05) is 11.6 Å². The van der Waals surface area contributed by atoms with Crippen molar-refractivity contribution in [1.29, 1.82) is 0 Å². The van der Waals surface area contributed by atoms with Crippen molar-refractivity contribution in [1.82, 2.24) is 19.6 Å². The lowest BCUT2D eigenvalue weighted by Crippen LogP contribution is -2.04.